The molecule has 0 amide bonds. The second-order valence-electron chi connectivity index (χ2n) is 3.54. The largest absolute Gasteiger partial charge is 0.306 e. The van der Waals surface area contributed by atoms with Crippen LogP contribution in [-0.4, -0.2) is 9.85 Å². The highest BCUT2D eigenvalue weighted by Gasteiger charge is 2.19. The lowest BCUT2D eigenvalue weighted by atomic mass is 10.3. The average Bonchev–Trinajstić information content (AvgIpc) is 2.46. The van der Waals surface area contributed by atoms with E-state index in [0.717, 1.165) is 12.1 Å². The molecule has 0 heterocycles. The molecule has 0 saturated heterocycles. The van der Waals surface area contributed by atoms with Crippen molar-refractivity contribution < 1.29 is 18.6 Å². The normalized spacial score (nSPS) is 9.48. The summed E-state index contributed by atoms with van der Waals surface area (Å²) in [7, 11) is 0. The van der Waals surface area contributed by atoms with E-state index >= 15 is 0 Å². The molecule has 0 unspecified atom stereocenters. The SMILES string of the molecule is O=[N+]([O-])c1ccc(F)c(Cl)c1F.O=[N+]([O-])c1ccccc1. The predicted octanol–water partition coefficient (Wildman–Crippen LogP) is 4.12. The number of para-hydroxylation sites is 1. The minimum absolute atomic E-state index is 0.137. The third-order valence-corrected chi connectivity index (χ3v) is 2.52. The summed E-state index contributed by atoms with van der Waals surface area (Å²) < 4.78 is 25.1. The van der Waals surface area contributed by atoms with Crippen molar-refractivity contribution in [1.82, 2.24) is 0 Å². The molecule has 2 aromatic rings. The summed E-state index contributed by atoms with van der Waals surface area (Å²) >= 11 is 5.07. The minimum Gasteiger partial charge on any atom is -0.258 e. The molecule has 0 aromatic heterocycles. The number of nitro groups is 2. The number of non-ortho nitro benzene ring substituents is 1. The number of benzene rings is 2. The van der Waals surface area contributed by atoms with Crippen molar-refractivity contribution in [1.29, 1.82) is 0 Å². The molecule has 0 aliphatic rings. The van der Waals surface area contributed by atoms with E-state index in [0.29, 0.717) is 0 Å². The summed E-state index contributed by atoms with van der Waals surface area (Å²) in [6.45, 7) is 0. The second kappa shape index (κ2) is 7.25. The van der Waals surface area contributed by atoms with Crippen LogP contribution in [0, 0.1) is 31.9 Å². The Labute approximate surface area is 121 Å². The number of hydrogen-bond donors (Lipinski definition) is 0. The predicted molar refractivity (Wildman–Crippen MR) is 71.1 cm³/mol. The molecule has 6 nitrogen and oxygen atoms in total. The highest BCUT2D eigenvalue weighted by atomic mass is 35.5. The Hall–Kier alpha value is -2.61. The van der Waals surface area contributed by atoms with Crippen molar-refractivity contribution in [3.8, 4) is 0 Å². The highest BCUT2D eigenvalue weighted by Crippen LogP contribution is 2.26. The zero-order chi connectivity index (χ0) is 16.0. The molecule has 0 aliphatic carbocycles. The van der Waals surface area contributed by atoms with Gasteiger partial charge < -0.3 is 0 Å². The Morgan fingerprint density at radius 3 is 1.90 bits per heavy atom. The van der Waals surface area contributed by atoms with E-state index in [2.05, 4.69) is 0 Å². The molecule has 0 saturated carbocycles. The molecule has 0 spiro atoms. The van der Waals surface area contributed by atoms with E-state index in [1.165, 1.54) is 12.1 Å². The Morgan fingerprint density at radius 2 is 1.48 bits per heavy atom. The molecule has 2 rings (SSSR count). The summed E-state index contributed by atoms with van der Waals surface area (Å²) in [6.07, 6.45) is 0. The molecule has 2 aromatic carbocycles. The van der Waals surface area contributed by atoms with Crippen LogP contribution >= 0.6 is 11.6 Å². The number of halogens is 3. The van der Waals surface area contributed by atoms with E-state index in [1.54, 1.807) is 18.2 Å². The summed E-state index contributed by atoms with van der Waals surface area (Å²) in [5, 5.41) is 19.2. The lowest BCUT2D eigenvalue weighted by Gasteiger charge is -1.96. The molecule has 110 valence electrons. The van der Waals surface area contributed by atoms with Crippen LogP contribution in [0.4, 0.5) is 20.2 Å². The van der Waals surface area contributed by atoms with Crippen LogP contribution in [0.25, 0.3) is 0 Å². The van der Waals surface area contributed by atoms with Crippen LogP contribution < -0.4 is 0 Å². The summed E-state index contributed by atoms with van der Waals surface area (Å²) in [4.78, 5) is 18.7. The zero-order valence-corrected chi connectivity index (χ0v) is 11.0. The third kappa shape index (κ3) is 4.46. The van der Waals surface area contributed by atoms with Crippen LogP contribution in [-0.2, 0) is 0 Å². The molecule has 0 aliphatic heterocycles. The molecule has 21 heavy (non-hydrogen) atoms. The Bertz CT molecular complexity index is 668. The Balaban J connectivity index is 0.000000219. The van der Waals surface area contributed by atoms with Crippen molar-refractivity contribution in [2.45, 2.75) is 0 Å². The van der Waals surface area contributed by atoms with Crippen LogP contribution in [0.1, 0.15) is 0 Å². The molecular formula is C12H7ClF2N2O4. The van der Waals surface area contributed by atoms with Crippen molar-refractivity contribution in [3.63, 3.8) is 0 Å². The van der Waals surface area contributed by atoms with Gasteiger partial charge in [0.05, 0.1) is 9.85 Å². The molecule has 0 bridgehead atoms. The van der Waals surface area contributed by atoms with Crippen LogP contribution in [0.15, 0.2) is 42.5 Å². The molecular weight excluding hydrogens is 310 g/mol. The lowest BCUT2D eigenvalue weighted by Crippen LogP contribution is -1.94. The first-order valence-electron chi connectivity index (χ1n) is 5.32. The van der Waals surface area contributed by atoms with Crippen LogP contribution in [0.3, 0.4) is 0 Å². The first kappa shape index (κ1) is 16.4. The molecule has 0 N–H and O–H groups in total. The van der Waals surface area contributed by atoms with Gasteiger partial charge in [-0.25, -0.2) is 4.39 Å². The van der Waals surface area contributed by atoms with Gasteiger partial charge >= 0.3 is 5.69 Å². The maximum atomic E-state index is 12.7. The summed E-state index contributed by atoms with van der Waals surface area (Å²) in [5.74, 6) is -2.36. The Kier molecular flexibility index (Phi) is 5.67. The Morgan fingerprint density at radius 1 is 0.905 bits per heavy atom. The van der Waals surface area contributed by atoms with Crippen molar-refractivity contribution in [2.75, 3.05) is 0 Å². The van der Waals surface area contributed by atoms with Gasteiger partial charge in [0.2, 0.25) is 5.82 Å². The van der Waals surface area contributed by atoms with E-state index in [1.807, 2.05) is 0 Å². The smallest absolute Gasteiger partial charge is 0.258 e. The van der Waals surface area contributed by atoms with Crippen molar-refractivity contribution in [2.24, 2.45) is 0 Å². The number of nitro benzene ring substituents is 2. The van der Waals surface area contributed by atoms with Gasteiger partial charge in [0, 0.05) is 18.2 Å². The fourth-order valence-electron chi connectivity index (χ4n) is 1.21. The summed E-state index contributed by atoms with van der Waals surface area (Å²) in [6, 6.07) is 9.39. The van der Waals surface area contributed by atoms with Gasteiger partial charge in [0.25, 0.3) is 5.69 Å². The van der Waals surface area contributed by atoms with Crippen LogP contribution in [0.5, 0.6) is 0 Å². The fraction of sp³-hybridized carbons (Fsp3) is 0. The first-order chi connectivity index (χ1) is 9.84. The summed E-state index contributed by atoms with van der Waals surface area (Å²) in [5.41, 5.74) is -0.695. The van der Waals surface area contributed by atoms with Gasteiger partial charge in [-0.3, -0.25) is 20.2 Å². The van der Waals surface area contributed by atoms with E-state index in [-0.39, 0.29) is 5.69 Å². The van der Waals surface area contributed by atoms with Gasteiger partial charge in [-0.2, -0.15) is 4.39 Å². The van der Waals surface area contributed by atoms with Gasteiger partial charge in [0.15, 0.2) is 0 Å². The van der Waals surface area contributed by atoms with Crippen molar-refractivity contribution in [3.05, 3.63) is 79.4 Å². The van der Waals surface area contributed by atoms with Crippen LogP contribution in [0.2, 0.25) is 5.02 Å². The minimum atomic E-state index is -1.35. The molecule has 9 heteroatoms. The van der Waals surface area contributed by atoms with Crippen molar-refractivity contribution >= 4 is 23.0 Å². The molecule has 0 fully saturated rings. The van der Waals surface area contributed by atoms with E-state index < -0.39 is 32.2 Å². The maximum absolute atomic E-state index is 12.7. The number of rotatable bonds is 2. The number of hydrogen-bond acceptors (Lipinski definition) is 4. The number of nitrogens with zero attached hydrogens (tertiary/aromatic N) is 2. The average molecular weight is 317 g/mol. The second-order valence-corrected chi connectivity index (χ2v) is 3.92. The van der Waals surface area contributed by atoms with Gasteiger partial charge in [-0.1, -0.05) is 29.8 Å². The monoisotopic (exact) mass is 316 g/mol. The lowest BCUT2D eigenvalue weighted by molar-refractivity contribution is -0.387. The van der Waals surface area contributed by atoms with Gasteiger partial charge in [-0.15, -0.1) is 0 Å². The highest BCUT2D eigenvalue weighted by molar-refractivity contribution is 6.31. The standard InChI is InChI=1S/C6H2ClF2NO2.C6H5NO2/c7-5-3(8)1-2-4(6(5)9)10(11)12;8-7(9)6-4-2-1-3-5-6/h1-2H;1-5H. The topological polar surface area (TPSA) is 86.3 Å². The zero-order valence-electron chi connectivity index (χ0n) is 10.2. The molecule has 0 atom stereocenters. The maximum Gasteiger partial charge on any atom is 0.306 e. The first-order valence-corrected chi connectivity index (χ1v) is 5.69. The van der Waals surface area contributed by atoms with E-state index in [4.69, 9.17) is 11.6 Å². The van der Waals surface area contributed by atoms with E-state index in [9.17, 15) is 29.0 Å². The quantitative estimate of drug-likeness (QED) is 0.473. The molecule has 0 radical (unpaired) electrons. The van der Waals surface area contributed by atoms with Gasteiger partial charge in [0.1, 0.15) is 10.8 Å². The third-order valence-electron chi connectivity index (χ3n) is 2.18. The van der Waals surface area contributed by atoms with Gasteiger partial charge in [-0.05, 0) is 6.07 Å². The fourth-order valence-corrected chi connectivity index (χ4v) is 1.37.